The van der Waals surface area contributed by atoms with Crippen LogP contribution in [-0.2, 0) is 13.8 Å². The molecule has 10 nitrogen and oxygen atoms in total. The van der Waals surface area contributed by atoms with E-state index in [0.29, 0.717) is 12.8 Å². The lowest BCUT2D eigenvalue weighted by Crippen LogP contribution is -2.35. The molecule has 1 saturated heterocycles. The minimum Gasteiger partial charge on any atom is -0.352 e. The molecule has 1 aliphatic heterocycles. The zero-order valence-electron chi connectivity index (χ0n) is 18.6. The third-order valence-electron chi connectivity index (χ3n) is 4.85. The second-order valence-corrected chi connectivity index (χ2v) is 9.16. The van der Waals surface area contributed by atoms with E-state index in [4.69, 9.17) is 25.6 Å². The van der Waals surface area contributed by atoms with Crippen LogP contribution in [0.5, 0.6) is 0 Å². The largest absolute Gasteiger partial charge is 0.352 e. The molecule has 2 unspecified atom stereocenters. The first-order valence-corrected chi connectivity index (χ1v) is 11.5. The van der Waals surface area contributed by atoms with E-state index in [-0.39, 0.29) is 43.0 Å². The SMILES string of the molecule is [C-]#[N+]c1cn([C@H]2CC(OP(OCCC#N)N(C(C)C)C(C)C)[C@@H](CC)O2)c(=O)[nH]c1=O. The summed E-state index contributed by atoms with van der Waals surface area (Å²) in [6, 6.07) is 2.40. The molecular weight excluding hydrogens is 421 g/mol. The zero-order valence-corrected chi connectivity index (χ0v) is 19.5. The normalized spacial score (nSPS) is 22.1. The molecule has 0 aromatic carbocycles. The average Bonchev–Trinajstić information content (AvgIpc) is 3.10. The molecule has 4 atom stereocenters. The summed E-state index contributed by atoms with van der Waals surface area (Å²) in [5.41, 5.74) is -1.52. The molecule has 2 rings (SSSR count). The molecular formula is C20H30N5O5P. The van der Waals surface area contributed by atoms with Crippen molar-refractivity contribution in [2.24, 2.45) is 0 Å². The first-order valence-electron chi connectivity index (χ1n) is 10.4. The van der Waals surface area contributed by atoms with Gasteiger partial charge < -0.3 is 13.8 Å². The molecule has 1 aliphatic rings. The van der Waals surface area contributed by atoms with Gasteiger partial charge in [-0.15, -0.1) is 0 Å². The van der Waals surface area contributed by atoms with Gasteiger partial charge in [0, 0.05) is 24.7 Å². The fourth-order valence-electron chi connectivity index (χ4n) is 3.52. The summed E-state index contributed by atoms with van der Waals surface area (Å²) in [6.45, 7) is 17.6. The van der Waals surface area contributed by atoms with Crippen LogP contribution in [0, 0.1) is 17.9 Å². The van der Waals surface area contributed by atoms with Crippen LogP contribution in [0.3, 0.4) is 0 Å². The Hall–Kier alpha value is -2.07. The molecule has 0 spiro atoms. The van der Waals surface area contributed by atoms with Crippen LogP contribution in [0.25, 0.3) is 4.85 Å². The lowest BCUT2D eigenvalue weighted by Gasteiger charge is -2.37. The molecule has 0 bridgehead atoms. The van der Waals surface area contributed by atoms with E-state index in [0.717, 1.165) is 0 Å². The number of H-pyrrole nitrogens is 1. The van der Waals surface area contributed by atoms with E-state index < -0.39 is 26.0 Å². The molecule has 0 aliphatic carbocycles. The fourth-order valence-corrected chi connectivity index (χ4v) is 5.28. The van der Waals surface area contributed by atoms with Crippen LogP contribution in [0.2, 0.25) is 0 Å². The quantitative estimate of drug-likeness (QED) is 0.329. The Bertz CT molecular complexity index is 924. The second kappa shape index (κ2) is 11.5. The summed E-state index contributed by atoms with van der Waals surface area (Å²) in [5.74, 6) is 0. The van der Waals surface area contributed by atoms with Crippen molar-refractivity contribution in [1.82, 2.24) is 14.2 Å². The predicted molar refractivity (Wildman–Crippen MR) is 116 cm³/mol. The highest BCUT2D eigenvalue weighted by Crippen LogP contribution is 2.50. The number of nitrogens with one attached hydrogen (secondary N) is 1. The molecule has 11 heteroatoms. The minimum absolute atomic E-state index is 0.162. The maximum Gasteiger partial charge on any atom is 0.328 e. The summed E-state index contributed by atoms with van der Waals surface area (Å²) in [4.78, 5) is 29.3. The van der Waals surface area contributed by atoms with E-state index in [2.05, 4.69) is 48.3 Å². The summed E-state index contributed by atoms with van der Waals surface area (Å²) in [7, 11) is -1.46. The molecule has 31 heavy (non-hydrogen) atoms. The number of aromatic nitrogens is 2. The van der Waals surface area contributed by atoms with Crippen molar-refractivity contribution in [1.29, 1.82) is 5.26 Å². The maximum atomic E-state index is 12.3. The Morgan fingerprint density at radius 2 is 2.10 bits per heavy atom. The molecule has 0 saturated carbocycles. The van der Waals surface area contributed by atoms with Crippen LogP contribution in [0.15, 0.2) is 15.8 Å². The van der Waals surface area contributed by atoms with Gasteiger partial charge in [-0.1, -0.05) is 6.92 Å². The third-order valence-corrected chi connectivity index (χ3v) is 7.01. The van der Waals surface area contributed by atoms with Gasteiger partial charge in [-0.05, 0) is 34.1 Å². The molecule has 1 aromatic heterocycles. The van der Waals surface area contributed by atoms with E-state index >= 15 is 0 Å². The molecule has 0 amide bonds. The summed E-state index contributed by atoms with van der Waals surface area (Å²) >= 11 is 0. The standard InChI is InChI=1S/C20H30N5O5P/c1-7-16-17(30-31(28-10-8-9-21)25(13(2)3)14(4)5)11-18(29-16)24-12-15(22-6)19(26)23-20(24)27/h12-14,16-18H,7-8,10-11H2,1-5H3,(H,23,26,27)/t16-,17?,18-,31?/m1/s1. The van der Waals surface area contributed by atoms with Crippen molar-refractivity contribution in [3.8, 4) is 6.07 Å². The number of aromatic amines is 1. The van der Waals surface area contributed by atoms with Crippen LogP contribution < -0.4 is 11.2 Å². The van der Waals surface area contributed by atoms with Crippen molar-refractivity contribution < 1.29 is 13.8 Å². The number of hydrogen-bond acceptors (Lipinski definition) is 7. The Balaban J connectivity index is 2.27. The Kier molecular flexibility index (Phi) is 9.36. The average molecular weight is 451 g/mol. The minimum atomic E-state index is -1.46. The monoisotopic (exact) mass is 451 g/mol. The molecule has 1 N–H and O–H groups in total. The van der Waals surface area contributed by atoms with Crippen molar-refractivity contribution in [2.75, 3.05) is 6.61 Å². The smallest absolute Gasteiger partial charge is 0.328 e. The van der Waals surface area contributed by atoms with Gasteiger partial charge in [0.05, 0.1) is 37.9 Å². The van der Waals surface area contributed by atoms with Crippen LogP contribution in [0.4, 0.5) is 5.69 Å². The van der Waals surface area contributed by atoms with E-state index in [1.54, 1.807) is 0 Å². The van der Waals surface area contributed by atoms with Crippen molar-refractivity contribution in [3.05, 3.63) is 38.5 Å². The number of rotatable bonds is 10. The number of hydrogen-bond donors (Lipinski definition) is 1. The zero-order chi connectivity index (χ0) is 23.1. The highest BCUT2D eigenvalue weighted by molar-refractivity contribution is 7.44. The Morgan fingerprint density at radius 3 is 2.65 bits per heavy atom. The van der Waals surface area contributed by atoms with Gasteiger partial charge in [-0.25, -0.2) is 14.3 Å². The summed E-state index contributed by atoms with van der Waals surface area (Å²) in [6.07, 6.45) is 1.21. The lowest BCUT2D eigenvalue weighted by atomic mass is 10.1. The maximum absolute atomic E-state index is 12.3. The lowest BCUT2D eigenvalue weighted by molar-refractivity contribution is -0.0200. The van der Waals surface area contributed by atoms with Gasteiger partial charge >= 0.3 is 5.69 Å². The van der Waals surface area contributed by atoms with Crippen LogP contribution in [0.1, 0.15) is 60.1 Å². The van der Waals surface area contributed by atoms with Gasteiger partial charge in [0.2, 0.25) is 0 Å². The summed E-state index contributed by atoms with van der Waals surface area (Å²) < 4.78 is 21.8. The second-order valence-electron chi connectivity index (χ2n) is 7.76. The predicted octanol–water partition coefficient (Wildman–Crippen LogP) is 3.45. The van der Waals surface area contributed by atoms with E-state index in [1.807, 2.05) is 6.92 Å². The van der Waals surface area contributed by atoms with Gasteiger partial charge in [0.15, 0.2) is 0 Å². The van der Waals surface area contributed by atoms with Crippen molar-refractivity contribution in [3.63, 3.8) is 0 Å². The highest BCUT2D eigenvalue weighted by atomic mass is 31.2. The topological polar surface area (TPSA) is 114 Å². The van der Waals surface area contributed by atoms with Gasteiger partial charge in [0.25, 0.3) is 19.8 Å². The molecule has 1 aromatic rings. The van der Waals surface area contributed by atoms with Crippen LogP contribution in [-0.4, -0.2) is 45.1 Å². The summed E-state index contributed by atoms with van der Waals surface area (Å²) in [5, 5.41) is 8.87. The highest BCUT2D eigenvalue weighted by Gasteiger charge is 2.40. The number of ether oxygens (including phenoxy) is 1. The fraction of sp³-hybridized carbons (Fsp3) is 0.700. The number of nitrogens with zero attached hydrogens (tertiary/aromatic N) is 4. The van der Waals surface area contributed by atoms with Crippen molar-refractivity contribution >= 4 is 14.2 Å². The van der Waals surface area contributed by atoms with Gasteiger partial charge in [-0.2, -0.15) is 5.26 Å². The Labute approximate surface area is 183 Å². The van der Waals surface area contributed by atoms with Gasteiger partial charge in [-0.3, -0.25) is 14.3 Å². The first kappa shape index (κ1) is 25.2. The third kappa shape index (κ3) is 6.22. The van der Waals surface area contributed by atoms with E-state index in [1.165, 1.54) is 10.8 Å². The van der Waals surface area contributed by atoms with Crippen LogP contribution >= 0.6 is 8.53 Å². The van der Waals surface area contributed by atoms with Crippen molar-refractivity contribution in [2.45, 2.75) is 84.4 Å². The van der Waals surface area contributed by atoms with E-state index in [9.17, 15) is 9.59 Å². The molecule has 0 radical (unpaired) electrons. The number of nitriles is 1. The first-order chi connectivity index (χ1) is 14.7. The molecule has 1 fully saturated rings. The Morgan fingerprint density at radius 1 is 1.42 bits per heavy atom. The molecule has 2 heterocycles. The van der Waals surface area contributed by atoms with Gasteiger partial charge in [0.1, 0.15) is 6.23 Å². The molecule has 170 valence electrons.